The van der Waals surface area contributed by atoms with Crippen molar-refractivity contribution in [1.29, 1.82) is 0 Å². The summed E-state index contributed by atoms with van der Waals surface area (Å²) < 4.78 is 27.4. The fourth-order valence-corrected chi connectivity index (χ4v) is 5.30. The van der Waals surface area contributed by atoms with Gasteiger partial charge in [-0.3, -0.25) is 14.3 Å². The molecule has 0 atom stereocenters. The lowest BCUT2D eigenvalue weighted by Gasteiger charge is -2.20. The third-order valence-electron chi connectivity index (χ3n) is 5.78. The largest absolute Gasteiger partial charge is 0.344 e. The molecule has 5 aromatic rings. The van der Waals surface area contributed by atoms with Gasteiger partial charge in [-0.25, -0.2) is 0 Å². The summed E-state index contributed by atoms with van der Waals surface area (Å²) in [5.74, 6) is -2.04. The van der Waals surface area contributed by atoms with Crippen molar-refractivity contribution < 1.29 is 13.6 Å². The standard InChI is InChI=1S/C29H23F2N5OS2/c30-28(31)39-24-15-13-23(14-16-24)36-27(22-12-7-17-32-18-22)34-35-29(36)38-19-25(37)33-26(20-8-3-1-4-9-20)21-10-5-2-6-11-21/h1-18,26,28H,19H2,(H,33,37). The maximum Gasteiger partial charge on any atom is 0.288 e. The van der Waals surface area contributed by atoms with Crippen LogP contribution < -0.4 is 5.32 Å². The molecule has 2 aromatic heterocycles. The summed E-state index contributed by atoms with van der Waals surface area (Å²) in [6.45, 7) is 0. The van der Waals surface area contributed by atoms with E-state index in [-0.39, 0.29) is 17.7 Å². The monoisotopic (exact) mass is 559 g/mol. The summed E-state index contributed by atoms with van der Waals surface area (Å²) in [5, 5.41) is 12.3. The predicted octanol–water partition coefficient (Wildman–Crippen LogP) is 6.64. The van der Waals surface area contributed by atoms with E-state index < -0.39 is 5.76 Å². The van der Waals surface area contributed by atoms with Gasteiger partial charge >= 0.3 is 0 Å². The maximum atomic E-state index is 13.2. The molecule has 196 valence electrons. The van der Waals surface area contributed by atoms with E-state index in [1.54, 1.807) is 47.3 Å². The van der Waals surface area contributed by atoms with Gasteiger partial charge in [0.15, 0.2) is 11.0 Å². The second-order valence-electron chi connectivity index (χ2n) is 8.37. The minimum atomic E-state index is -2.50. The molecule has 0 fully saturated rings. The van der Waals surface area contributed by atoms with Gasteiger partial charge in [-0.1, -0.05) is 84.2 Å². The number of nitrogens with zero attached hydrogens (tertiary/aromatic N) is 4. The van der Waals surface area contributed by atoms with Gasteiger partial charge in [0.05, 0.1) is 11.8 Å². The molecule has 0 saturated carbocycles. The molecule has 0 aliphatic rings. The van der Waals surface area contributed by atoms with E-state index >= 15 is 0 Å². The molecule has 2 heterocycles. The van der Waals surface area contributed by atoms with E-state index in [2.05, 4.69) is 20.5 Å². The predicted molar refractivity (Wildman–Crippen MR) is 150 cm³/mol. The molecule has 1 N–H and O–H groups in total. The number of nitrogens with one attached hydrogen (secondary N) is 1. The van der Waals surface area contributed by atoms with E-state index in [0.717, 1.165) is 16.7 Å². The Labute approximate surface area is 232 Å². The molecular weight excluding hydrogens is 536 g/mol. The lowest BCUT2D eigenvalue weighted by Crippen LogP contribution is -2.30. The zero-order valence-electron chi connectivity index (χ0n) is 20.5. The zero-order valence-corrected chi connectivity index (χ0v) is 22.2. The van der Waals surface area contributed by atoms with Crippen LogP contribution in [0.2, 0.25) is 0 Å². The second-order valence-corrected chi connectivity index (χ2v) is 10.4. The highest BCUT2D eigenvalue weighted by Crippen LogP contribution is 2.31. The van der Waals surface area contributed by atoms with Crippen LogP contribution in [-0.4, -0.2) is 37.2 Å². The van der Waals surface area contributed by atoms with Crippen molar-refractivity contribution in [2.45, 2.75) is 21.9 Å². The highest BCUT2D eigenvalue weighted by Gasteiger charge is 2.20. The molecule has 0 saturated heterocycles. The van der Waals surface area contributed by atoms with Gasteiger partial charge < -0.3 is 5.32 Å². The van der Waals surface area contributed by atoms with Crippen LogP contribution in [0.15, 0.2) is 120 Å². The Morgan fingerprint density at radius 1 is 0.846 bits per heavy atom. The second kappa shape index (κ2) is 12.7. The average molecular weight is 560 g/mol. The molecule has 0 aliphatic carbocycles. The van der Waals surface area contributed by atoms with Crippen molar-refractivity contribution in [3.63, 3.8) is 0 Å². The molecule has 5 rings (SSSR count). The number of rotatable bonds is 10. The van der Waals surface area contributed by atoms with Crippen molar-refractivity contribution in [3.8, 4) is 17.1 Å². The SMILES string of the molecule is O=C(CSc1nnc(-c2cccnc2)n1-c1ccc(SC(F)F)cc1)NC(c1ccccc1)c1ccccc1. The molecule has 0 unspecified atom stereocenters. The summed E-state index contributed by atoms with van der Waals surface area (Å²) >= 11 is 1.73. The molecule has 0 bridgehead atoms. The zero-order chi connectivity index (χ0) is 27.0. The molecular formula is C29H23F2N5OS2. The Morgan fingerprint density at radius 2 is 1.51 bits per heavy atom. The number of hydrogen-bond donors (Lipinski definition) is 1. The van der Waals surface area contributed by atoms with E-state index in [1.807, 2.05) is 66.7 Å². The van der Waals surface area contributed by atoms with E-state index in [0.29, 0.717) is 33.3 Å². The first-order valence-corrected chi connectivity index (χ1v) is 13.9. The van der Waals surface area contributed by atoms with Gasteiger partial charge in [-0.05, 0) is 47.5 Å². The normalized spacial score (nSPS) is 11.2. The third kappa shape index (κ3) is 6.71. The van der Waals surface area contributed by atoms with Gasteiger partial charge in [-0.15, -0.1) is 10.2 Å². The molecule has 6 nitrogen and oxygen atoms in total. The van der Waals surface area contributed by atoms with Crippen molar-refractivity contribution in [2.75, 3.05) is 5.75 Å². The van der Waals surface area contributed by atoms with Crippen LogP contribution in [-0.2, 0) is 4.79 Å². The van der Waals surface area contributed by atoms with Crippen LogP contribution in [0.1, 0.15) is 17.2 Å². The smallest absolute Gasteiger partial charge is 0.288 e. The quantitative estimate of drug-likeness (QED) is 0.193. The Bertz CT molecular complexity index is 1460. The number of aromatic nitrogens is 4. The molecule has 0 radical (unpaired) electrons. The van der Waals surface area contributed by atoms with Crippen molar-refractivity contribution in [2.24, 2.45) is 0 Å². The number of pyridine rings is 1. The fraction of sp³-hybridized carbons (Fsp3) is 0.103. The van der Waals surface area contributed by atoms with E-state index in [9.17, 15) is 13.6 Å². The number of alkyl halides is 2. The van der Waals surface area contributed by atoms with Gasteiger partial charge in [0.2, 0.25) is 5.91 Å². The van der Waals surface area contributed by atoms with Gasteiger partial charge in [0.1, 0.15) is 0 Å². The van der Waals surface area contributed by atoms with E-state index in [4.69, 9.17) is 0 Å². The van der Waals surface area contributed by atoms with Crippen LogP contribution in [0, 0.1) is 0 Å². The number of carbonyl (C=O) groups excluding carboxylic acids is 1. The van der Waals surface area contributed by atoms with Crippen LogP contribution in [0.4, 0.5) is 8.78 Å². The molecule has 39 heavy (non-hydrogen) atoms. The van der Waals surface area contributed by atoms with Crippen LogP contribution in [0.3, 0.4) is 0 Å². The first-order valence-electron chi connectivity index (χ1n) is 12.0. The molecule has 0 spiro atoms. The van der Waals surface area contributed by atoms with Crippen molar-refractivity contribution in [1.82, 2.24) is 25.1 Å². The minimum Gasteiger partial charge on any atom is -0.344 e. The highest BCUT2D eigenvalue weighted by atomic mass is 32.2. The van der Waals surface area contributed by atoms with Crippen LogP contribution in [0.25, 0.3) is 17.1 Å². The minimum absolute atomic E-state index is 0.0979. The molecule has 1 amide bonds. The number of thioether (sulfide) groups is 2. The Morgan fingerprint density at radius 3 is 2.10 bits per heavy atom. The number of benzene rings is 3. The Balaban J connectivity index is 1.39. The number of halogens is 2. The molecule has 3 aromatic carbocycles. The van der Waals surface area contributed by atoms with E-state index in [1.165, 1.54) is 11.8 Å². The third-order valence-corrected chi connectivity index (χ3v) is 7.43. The average Bonchev–Trinajstić information content (AvgIpc) is 3.40. The van der Waals surface area contributed by atoms with Crippen molar-refractivity contribution in [3.05, 3.63) is 121 Å². The summed E-state index contributed by atoms with van der Waals surface area (Å²) in [5.41, 5.74) is 3.38. The number of carbonyl (C=O) groups is 1. The Kier molecular flexibility index (Phi) is 8.65. The first kappa shape index (κ1) is 26.6. The van der Waals surface area contributed by atoms with Crippen LogP contribution >= 0.6 is 23.5 Å². The highest BCUT2D eigenvalue weighted by molar-refractivity contribution is 8.00. The van der Waals surface area contributed by atoms with Gasteiger partial charge in [0, 0.05) is 28.5 Å². The van der Waals surface area contributed by atoms with Gasteiger partial charge in [0.25, 0.3) is 5.76 Å². The number of amides is 1. The summed E-state index contributed by atoms with van der Waals surface area (Å²) in [6, 6.07) is 29.7. The summed E-state index contributed by atoms with van der Waals surface area (Å²) in [7, 11) is 0. The summed E-state index contributed by atoms with van der Waals surface area (Å²) in [4.78, 5) is 17.8. The molecule has 0 aliphatic heterocycles. The maximum absolute atomic E-state index is 13.2. The number of hydrogen-bond acceptors (Lipinski definition) is 6. The Hall–Kier alpha value is -4.02. The molecule has 10 heteroatoms. The lowest BCUT2D eigenvalue weighted by molar-refractivity contribution is -0.119. The van der Waals surface area contributed by atoms with Crippen molar-refractivity contribution >= 4 is 29.4 Å². The van der Waals surface area contributed by atoms with Crippen LogP contribution in [0.5, 0.6) is 0 Å². The first-order chi connectivity index (χ1) is 19.1. The summed E-state index contributed by atoms with van der Waals surface area (Å²) in [6.07, 6.45) is 3.34. The van der Waals surface area contributed by atoms with Gasteiger partial charge in [-0.2, -0.15) is 8.78 Å². The fourth-order valence-electron chi connectivity index (χ4n) is 4.04. The lowest BCUT2D eigenvalue weighted by atomic mass is 9.99. The topological polar surface area (TPSA) is 72.7 Å².